The zero-order chi connectivity index (χ0) is 23.0. The summed E-state index contributed by atoms with van der Waals surface area (Å²) in [5.41, 5.74) is 7.15. The molecule has 0 aromatic carbocycles. The molecule has 172 valence electrons. The molecule has 8 nitrogen and oxygen atoms in total. The van der Waals surface area contributed by atoms with E-state index in [2.05, 4.69) is 21.3 Å². The number of alkyl halides is 3. The molecular weight excluding hydrogens is 425 g/mol. The fraction of sp³-hybridized carbons (Fsp3) is 0.476. The number of anilines is 1. The van der Waals surface area contributed by atoms with Crippen molar-refractivity contribution in [3.05, 3.63) is 36.6 Å². The van der Waals surface area contributed by atoms with E-state index in [0.29, 0.717) is 43.2 Å². The highest BCUT2D eigenvalue weighted by atomic mass is 19.4. The number of aromatic nitrogens is 3. The lowest BCUT2D eigenvalue weighted by molar-refractivity contribution is -0.274. The molecule has 32 heavy (non-hydrogen) atoms. The van der Waals surface area contributed by atoms with Crippen LogP contribution in [0.5, 0.6) is 5.75 Å². The Hall–Kier alpha value is -3.08. The molecule has 2 aromatic heterocycles. The van der Waals surface area contributed by atoms with Crippen molar-refractivity contribution in [2.45, 2.75) is 38.1 Å². The number of pyridine rings is 1. The SMILES string of the molecule is C=C(CCn1cc(-c2cnc(N)c(OC(F)(F)F)c2)nc1C1CC1)N1CCN(C)CC1=O. The Bertz CT molecular complexity index is 1030. The van der Waals surface area contributed by atoms with Crippen molar-refractivity contribution in [2.75, 3.05) is 32.4 Å². The Morgan fingerprint density at radius 1 is 1.34 bits per heavy atom. The fourth-order valence-electron chi connectivity index (χ4n) is 3.73. The molecule has 2 fully saturated rings. The molecule has 0 bridgehead atoms. The first-order valence-electron chi connectivity index (χ1n) is 10.4. The summed E-state index contributed by atoms with van der Waals surface area (Å²) in [6.07, 6.45) is 0.885. The Kier molecular flexibility index (Phi) is 5.85. The second kappa shape index (κ2) is 8.45. The molecule has 1 amide bonds. The lowest BCUT2D eigenvalue weighted by Crippen LogP contribution is -2.48. The van der Waals surface area contributed by atoms with Gasteiger partial charge in [-0.3, -0.25) is 9.69 Å². The van der Waals surface area contributed by atoms with Crippen LogP contribution in [-0.2, 0) is 11.3 Å². The predicted octanol–water partition coefficient (Wildman–Crippen LogP) is 2.98. The van der Waals surface area contributed by atoms with Gasteiger partial charge in [-0.2, -0.15) is 0 Å². The van der Waals surface area contributed by atoms with Crippen molar-refractivity contribution in [2.24, 2.45) is 0 Å². The molecule has 0 atom stereocenters. The topological polar surface area (TPSA) is 89.5 Å². The number of rotatable bonds is 7. The first kappa shape index (κ1) is 22.1. The highest BCUT2D eigenvalue weighted by molar-refractivity contribution is 5.80. The van der Waals surface area contributed by atoms with Crippen molar-refractivity contribution < 1.29 is 22.7 Å². The van der Waals surface area contributed by atoms with Gasteiger partial charge < -0.3 is 19.9 Å². The predicted molar refractivity (Wildman–Crippen MR) is 111 cm³/mol. The monoisotopic (exact) mass is 450 g/mol. The highest BCUT2D eigenvalue weighted by Crippen LogP contribution is 2.41. The van der Waals surface area contributed by atoms with Crippen molar-refractivity contribution in [3.8, 4) is 17.0 Å². The quantitative estimate of drug-likeness (QED) is 0.698. The van der Waals surface area contributed by atoms with Gasteiger partial charge in [-0.25, -0.2) is 9.97 Å². The van der Waals surface area contributed by atoms with Gasteiger partial charge in [0.25, 0.3) is 0 Å². The van der Waals surface area contributed by atoms with E-state index >= 15 is 0 Å². The molecule has 0 unspecified atom stereocenters. The van der Waals surface area contributed by atoms with Crippen molar-refractivity contribution >= 4 is 11.7 Å². The standard InChI is InChI=1S/C21H25F3N6O2/c1-13(30-8-7-28(2)12-18(30)31)5-6-29-11-16(27-20(29)14-3-4-14)15-9-17(19(25)26-10-15)32-21(22,23)24/h9-11,14H,1,3-8,12H2,2H3,(H2,25,26). The molecule has 0 spiro atoms. The lowest BCUT2D eigenvalue weighted by Gasteiger charge is -2.33. The van der Waals surface area contributed by atoms with Crippen LogP contribution >= 0.6 is 0 Å². The van der Waals surface area contributed by atoms with Crippen LogP contribution < -0.4 is 10.5 Å². The number of ether oxygens (including phenoxy) is 1. The summed E-state index contributed by atoms with van der Waals surface area (Å²) in [5.74, 6) is 0.311. The minimum absolute atomic E-state index is 0.0302. The molecule has 11 heteroatoms. The molecule has 1 aliphatic heterocycles. The van der Waals surface area contributed by atoms with Crippen LogP contribution in [-0.4, -0.2) is 63.3 Å². The van der Waals surface area contributed by atoms with E-state index in [1.54, 1.807) is 11.1 Å². The Balaban J connectivity index is 1.52. The molecule has 0 radical (unpaired) electrons. The number of amides is 1. The number of nitrogen functional groups attached to an aromatic ring is 1. The van der Waals surface area contributed by atoms with Crippen LogP contribution in [0.25, 0.3) is 11.3 Å². The van der Waals surface area contributed by atoms with E-state index in [-0.39, 0.29) is 11.7 Å². The molecule has 2 aromatic rings. The van der Waals surface area contributed by atoms with Crippen LogP contribution in [0.3, 0.4) is 0 Å². The Morgan fingerprint density at radius 3 is 2.75 bits per heavy atom. The normalized spacial score (nSPS) is 17.6. The number of hydrogen-bond acceptors (Lipinski definition) is 6. The van der Waals surface area contributed by atoms with E-state index in [9.17, 15) is 18.0 Å². The highest BCUT2D eigenvalue weighted by Gasteiger charge is 2.33. The van der Waals surface area contributed by atoms with Crippen molar-refractivity contribution in [1.29, 1.82) is 0 Å². The minimum atomic E-state index is -4.87. The first-order valence-corrected chi connectivity index (χ1v) is 10.4. The number of allylic oxidation sites excluding steroid dienone is 1. The maximum atomic E-state index is 12.7. The van der Waals surface area contributed by atoms with Crippen molar-refractivity contribution in [1.82, 2.24) is 24.3 Å². The Labute approximate surface area is 183 Å². The number of carbonyl (C=O) groups is 1. The molecule has 1 saturated heterocycles. The van der Waals surface area contributed by atoms with E-state index in [1.165, 1.54) is 12.3 Å². The smallest absolute Gasteiger partial charge is 0.402 e. The van der Waals surface area contributed by atoms with E-state index in [0.717, 1.165) is 30.9 Å². The second-order valence-electron chi connectivity index (χ2n) is 8.21. The number of likely N-dealkylation sites (N-methyl/N-ethyl adjacent to an activating group) is 1. The van der Waals surface area contributed by atoms with Gasteiger partial charge in [0.05, 0.1) is 12.2 Å². The average molecular weight is 450 g/mol. The van der Waals surface area contributed by atoms with Crippen LogP contribution in [0.1, 0.15) is 31.0 Å². The summed E-state index contributed by atoms with van der Waals surface area (Å²) in [7, 11) is 1.91. The van der Waals surface area contributed by atoms with Gasteiger partial charge in [0.1, 0.15) is 5.82 Å². The zero-order valence-corrected chi connectivity index (χ0v) is 17.7. The Morgan fingerprint density at radius 2 is 2.09 bits per heavy atom. The fourth-order valence-corrected chi connectivity index (χ4v) is 3.73. The third kappa shape index (κ3) is 5.04. The first-order chi connectivity index (χ1) is 15.1. The van der Waals surface area contributed by atoms with Gasteiger partial charge in [0.15, 0.2) is 11.6 Å². The maximum absolute atomic E-state index is 12.7. The number of halogens is 3. The third-order valence-electron chi connectivity index (χ3n) is 5.59. The van der Waals surface area contributed by atoms with Gasteiger partial charge in [-0.05, 0) is 26.0 Å². The van der Waals surface area contributed by atoms with Gasteiger partial charge in [0.2, 0.25) is 5.91 Å². The molecule has 4 rings (SSSR count). The number of nitrogens with zero attached hydrogens (tertiary/aromatic N) is 5. The van der Waals surface area contributed by atoms with Gasteiger partial charge >= 0.3 is 6.36 Å². The van der Waals surface area contributed by atoms with E-state index in [4.69, 9.17) is 5.73 Å². The number of nitrogens with two attached hydrogens (primary N) is 1. The van der Waals surface area contributed by atoms with Gasteiger partial charge in [-0.15, -0.1) is 13.2 Å². The number of aryl methyl sites for hydroxylation is 1. The van der Waals surface area contributed by atoms with E-state index in [1.807, 2.05) is 16.5 Å². The third-order valence-corrected chi connectivity index (χ3v) is 5.59. The summed E-state index contributed by atoms with van der Waals surface area (Å²) >= 11 is 0. The van der Waals surface area contributed by atoms with Crippen LogP contribution in [0.2, 0.25) is 0 Å². The summed E-state index contributed by atoms with van der Waals surface area (Å²) in [6, 6.07) is 1.20. The molecule has 2 aliphatic rings. The number of imidazole rings is 1. The molecule has 1 saturated carbocycles. The molecule has 2 N–H and O–H groups in total. The average Bonchev–Trinajstić information content (AvgIpc) is 3.46. The molecule has 1 aliphatic carbocycles. The number of piperazine rings is 1. The zero-order valence-electron chi connectivity index (χ0n) is 17.7. The maximum Gasteiger partial charge on any atom is 0.573 e. The van der Waals surface area contributed by atoms with Crippen LogP contribution in [0, 0.1) is 0 Å². The summed E-state index contributed by atoms with van der Waals surface area (Å²) in [6.45, 7) is 6.42. The van der Waals surface area contributed by atoms with Gasteiger partial charge in [0, 0.05) is 55.6 Å². The summed E-state index contributed by atoms with van der Waals surface area (Å²) < 4.78 is 43.9. The van der Waals surface area contributed by atoms with Gasteiger partial charge in [-0.1, -0.05) is 6.58 Å². The van der Waals surface area contributed by atoms with E-state index < -0.39 is 12.1 Å². The lowest BCUT2D eigenvalue weighted by atomic mass is 10.2. The summed E-state index contributed by atoms with van der Waals surface area (Å²) in [4.78, 5) is 24.5. The summed E-state index contributed by atoms with van der Waals surface area (Å²) in [5, 5.41) is 0. The molecular formula is C21H25F3N6O2. The minimum Gasteiger partial charge on any atom is -0.402 e. The number of hydrogen-bond donors (Lipinski definition) is 1. The largest absolute Gasteiger partial charge is 0.573 e. The molecule has 3 heterocycles. The second-order valence-corrected chi connectivity index (χ2v) is 8.21. The number of carbonyl (C=O) groups excluding carboxylic acids is 1. The van der Waals surface area contributed by atoms with Crippen LogP contribution in [0.15, 0.2) is 30.7 Å². The van der Waals surface area contributed by atoms with Crippen molar-refractivity contribution in [3.63, 3.8) is 0 Å². The van der Waals surface area contributed by atoms with Crippen LogP contribution in [0.4, 0.5) is 19.0 Å².